The zero-order valence-electron chi connectivity index (χ0n) is 19.8. The highest BCUT2D eigenvalue weighted by molar-refractivity contribution is 7.12. The SMILES string of the molecule is COC(=O)c1sccc1-c1ccc(CNC(=O)[C@H](O)C(O)C(=O)N2CCC[C@@H]2c2ccccc2)cc1. The van der Waals surface area contributed by atoms with Crippen molar-refractivity contribution in [3.05, 3.63) is 82.0 Å². The monoisotopic (exact) mass is 508 g/mol. The number of carbonyl (C=O) groups is 3. The molecule has 0 spiro atoms. The molecule has 0 radical (unpaired) electrons. The smallest absolute Gasteiger partial charge is 0.348 e. The zero-order valence-corrected chi connectivity index (χ0v) is 20.6. The van der Waals surface area contributed by atoms with E-state index in [1.807, 2.05) is 53.9 Å². The topological polar surface area (TPSA) is 116 Å². The standard InChI is InChI=1S/C27H28N2O6S/c1-35-27(34)24-20(13-15-36-24)18-11-9-17(10-12-18)16-28-25(32)22(30)23(31)26(33)29-14-5-8-21(29)19-6-3-2-4-7-19/h2-4,6-7,9-13,15,21-23,30-31H,5,8,14,16H2,1H3,(H,28,32)/t21-,22-,23?/m1/s1. The Morgan fingerprint density at radius 3 is 2.47 bits per heavy atom. The number of hydrogen-bond donors (Lipinski definition) is 3. The molecule has 188 valence electrons. The highest BCUT2D eigenvalue weighted by atomic mass is 32.1. The summed E-state index contributed by atoms with van der Waals surface area (Å²) in [6.45, 7) is 0.554. The van der Waals surface area contributed by atoms with Crippen molar-refractivity contribution in [1.29, 1.82) is 0 Å². The molecule has 36 heavy (non-hydrogen) atoms. The maximum absolute atomic E-state index is 12.9. The van der Waals surface area contributed by atoms with Crippen molar-refractivity contribution in [1.82, 2.24) is 10.2 Å². The lowest BCUT2D eigenvalue weighted by molar-refractivity contribution is -0.153. The van der Waals surface area contributed by atoms with E-state index in [1.54, 1.807) is 12.1 Å². The van der Waals surface area contributed by atoms with Crippen LogP contribution in [0.5, 0.6) is 0 Å². The number of nitrogens with one attached hydrogen (secondary N) is 1. The number of methoxy groups -OCH3 is 1. The lowest BCUT2D eigenvalue weighted by Gasteiger charge is -2.28. The van der Waals surface area contributed by atoms with Gasteiger partial charge < -0.3 is 25.2 Å². The molecule has 3 atom stereocenters. The first-order valence-electron chi connectivity index (χ1n) is 11.6. The Hall–Kier alpha value is -3.53. The number of aliphatic hydroxyl groups excluding tert-OH is 2. The van der Waals surface area contributed by atoms with E-state index >= 15 is 0 Å². The van der Waals surface area contributed by atoms with Crippen molar-refractivity contribution in [2.75, 3.05) is 13.7 Å². The average molecular weight is 509 g/mol. The zero-order chi connectivity index (χ0) is 25.7. The summed E-state index contributed by atoms with van der Waals surface area (Å²) < 4.78 is 4.82. The molecule has 1 aliphatic rings. The van der Waals surface area contributed by atoms with Gasteiger partial charge >= 0.3 is 5.97 Å². The highest BCUT2D eigenvalue weighted by Crippen LogP contribution is 2.32. The van der Waals surface area contributed by atoms with Gasteiger partial charge in [0.15, 0.2) is 12.2 Å². The molecule has 0 aliphatic carbocycles. The molecular weight excluding hydrogens is 480 g/mol. The summed E-state index contributed by atoms with van der Waals surface area (Å²) in [5.41, 5.74) is 3.29. The number of likely N-dealkylation sites (tertiary alicyclic amines) is 1. The Morgan fingerprint density at radius 1 is 1.06 bits per heavy atom. The molecular formula is C27H28N2O6S. The Kier molecular flexibility index (Phi) is 8.14. The summed E-state index contributed by atoms with van der Waals surface area (Å²) in [5, 5.41) is 25.2. The van der Waals surface area contributed by atoms with Crippen molar-refractivity contribution in [2.45, 2.75) is 37.6 Å². The molecule has 1 aromatic heterocycles. The van der Waals surface area contributed by atoms with Crippen molar-refractivity contribution < 1.29 is 29.3 Å². The first kappa shape index (κ1) is 25.6. The van der Waals surface area contributed by atoms with Crippen molar-refractivity contribution in [2.24, 2.45) is 0 Å². The van der Waals surface area contributed by atoms with E-state index in [0.29, 0.717) is 11.4 Å². The molecule has 0 bridgehead atoms. The number of esters is 1. The van der Waals surface area contributed by atoms with E-state index in [4.69, 9.17) is 4.74 Å². The van der Waals surface area contributed by atoms with Crippen LogP contribution in [-0.4, -0.2) is 58.8 Å². The molecule has 1 fully saturated rings. The Labute approximate surface area is 213 Å². The third-order valence-electron chi connectivity index (χ3n) is 6.31. The van der Waals surface area contributed by atoms with E-state index in [-0.39, 0.29) is 12.6 Å². The van der Waals surface area contributed by atoms with E-state index in [1.165, 1.54) is 23.3 Å². The predicted molar refractivity (Wildman–Crippen MR) is 135 cm³/mol. The average Bonchev–Trinajstić information content (AvgIpc) is 3.61. The van der Waals surface area contributed by atoms with Crippen molar-refractivity contribution in [3.63, 3.8) is 0 Å². The number of hydrogen-bond acceptors (Lipinski definition) is 7. The van der Waals surface area contributed by atoms with Gasteiger partial charge in [0.2, 0.25) is 0 Å². The largest absolute Gasteiger partial charge is 0.465 e. The van der Waals surface area contributed by atoms with Crippen LogP contribution in [0.2, 0.25) is 0 Å². The summed E-state index contributed by atoms with van der Waals surface area (Å²) in [6, 6.07) is 18.4. The first-order chi connectivity index (χ1) is 17.4. The third-order valence-corrected chi connectivity index (χ3v) is 7.20. The summed E-state index contributed by atoms with van der Waals surface area (Å²) in [6.07, 6.45) is -2.20. The van der Waals surface area contributed by atoms with Crippen LogP contribution >= 0.6 is 11.3 Å². The summed E-state index contributed by atoms with van der Waals surface area (Å²) >= 11 is 1.30. The number of nitrogens with zero attached hydrogens (tertiary/aromatic N) is 1. The van der Waals surface area contributed by atoms with Crippen LogP contribution in [-0.2, 0) is 20.9 Å². The van der Waals surface area contributed by atoms with Gasteiger partial charge in [0.05, 0.1) is 13.2 Å². The molecule has 8 nitrogen and oxygen atoms in total. The number of thiophene rings is 1. The molecule has 1 aliphatic heterocycles. The van der Waals surface area contributed by atoms with Gasteiger partial charge in [-0.25, -0.2) is 4.79 Å². The normalized spacial score (nSPS) is 16.9. The lowest BCUT2D eigenvalue weighted by Crippen LogP contribution is -2.50. The number of carbonyl (C=O) groups excluding carboxylic acids is 3. The summed E-state index contributed by atoms with van der Waals surface area (Å²) in [4.78, 5) is 39.4. The van der Waals surface area contributed by atoms with Crippen LogP contribution in [0.25, 0.3) is 11.1 Å². The summed E-state index contributed by atoms with van der Waals surface area (Å²) in [7, 11) is 1.34. The van der Waals surface area contributed by atoms with Gasteiger partial charge in [0.1, 0.15) is 4.88 Å². The maximum Gasteiger partial charge on any atom is 0.348 e. The predicted octanol–water partition coefficient (Wildman–Crippen LogP) is 2.90. The molecule has 0 saturated carbocycles. The van der Waals surface area contributed by atoms with Gasteiger partial charge in [-0.2, -0.15) is 0 Å². The van der Waals surface area contributed by atoms with Gasteiger partial charge in [0.25, 0.3) is 11.8 Å². The van der Waals surface area contributed by atoms with E-state index < -0.39 is 30.0 Å². The Morgan fingerprint density at radius 2 is 1.78 bits per heavy atom. The molecule has 1 saturated heterocycles. The van der Waals surface area contributed by atoms with Crippen LogP contribution < -0.4 is 5.32 Å². The second kappa shape index (κ2) is 11.5. The number of ether oxygens (including phenoxy) is 1. The molecule has 3 N–H and O–H groups in total. The second-order valence-corrected chi connectivity index (χ2v) is 9.48. The number of amides is 2. The third kappa shape index (κ3) is 5.48. The minimum absolute atomic E-state index is 0.0981. The second-order valence-electron chi connectivity index (χ2n) is 8.56. The van der Waals surface area contributed by atoms with Gasteiger partial charge in [-0.15, -0.1) is 11.3 Å². The van der Waals surface area contributed by atoms with E-state index in [0.717, 1.165) is 35.1 Å². The molecule has 2 heterocycles. The number of aliphatic hydroxyl groups is 2. The molecule has 2 amide bonds. The number of benzene rings is 2. The number of rotatable bonds is 8. The van der Waals surface area contributed by atoms with Crippen molar-refractivity contribution >= 4 is 29.1 Å². The van der Waals surface area contributed by atoms with Crippen molar-refractivity contribution in [3.8, 4) is 11.1 Å². The fourth-order valence-corrected chi connectivity index (χ4v) is 5.22. The van der Waals surface area contributed by atoms with Gasteiger partial charge in [-0.1, -0.05) is 54.6 Å². The van der Waals surface area contributed by atoms with Crippen LogP contribution in [0.4, 0.5) is 0 Å². The van der Waals surface area contributed by atoms with Crippen LogP contribution in [0, 0.1) is 0 Å². The van der Waals surface area contributed by atoms with Crippen LogP contribution in [0.15, 0.2) is 66.0 Å². The van der Waals surface area contributed by atoms with Gasteiger partial charge in [0, 0.05) is 18.7 Å². The molecule has 2 aromatic carbocycles. The fraction of sp³-hybridized carbons (Fsp3) is 0.296. The summed E-state index contributed by atoms with van der Waals surface area (Å²) in [5.74, 6) is -1.89. The molecule has 1 unspecified atom stereocenters. The minimum atomic E-state index is -1.89. The fourth-order valence-electron chi connectivity index (χ4n) is 4.38. The van der Waals surface area contributed by atoms with Crippen LogP contribution in [0.1, 0.15) is 39.7 Å². The lowest BCUT2D eigenvalue weighted by atomic mass is 10.0. The maximum atomic E-state index is 12.9. The highest BCUT2D eigenvalue weighted by Gasteiger charge is 2.38. The molecule has 4 rings (SSSR count). The first-order valence-corrected chi connectivity index (χ1v) is 12.5. The quantitative estimate of drug-likeness (QED) is 0.403. The molecule has 3 aromatic rings. The molecule has 9 heteroatoms. The Balaban J connectivity index is 1.34. The minimum Gasteiger partial charge on any atom is -0.465 e. The van der Waals surface area contributed by atoms with Gasteiger partial charge in [-0.3, -0.25) is 9.59 Å². The van der Waals surface area contributed by atoms with Crippen LogP contribution in [0.3, 0.4) is 0 Å². The Bertz CT molecular complexity index is 1210. The van der Waals surface area contributed by atoms with E-state index in [2.05, 4.69) is 5.32 Å². The van der Waals surface area contributed by atoms with Gasteiger partial charge in [-0.05, 0) is 41.0 Å². The van der Waals surface area contributed by atoms with E-state index in [9.17, 15) is 24.6 Å².